The van der Waals surface area contributed by atoms with Crippen LogP contribution in [0.1, 0.15) is 18.9 Å². The smallest absolute Gasteiger partial charge is 0.225 e. The Morgan fingerprint density at radius 2 is 1.97 bits per heavy atom. The minimum absolute atomic E-state index is 0.153. The van der Waals surface area contributed by atoms with Gasteiger partial charge in [0.25, 0.3) is 0 Å². The monoisotopic (exact) mass is 433 g/mol. The average Bonchev–Trinajstić information content (AvgIpc) is 2.74. The molecule has 2 aromatic carbocycles. The molecule has 3 rings (SSSR count). The van der Waals surface area contributed by atoms with Crippen LogP contribution in [0.15, 0.2) is 48.5 Å². The van der Waals surface area contributed by atoms with Crippen LogP contribution in [0.25, 0.3) is 0 Å². The Morgan fingerprint density at radius 3 is 2.67 bits per heavy atom. The van der Waals surface area contributed by atoms with Gasteiger partial charge in [0.2, 0.25) is 5.91 Å². The van der Waals surface area contributed by atoms with Crippen LogP contribution >= 0.6 is 11.6 Å². The molecule has 162 valence electrons. The van der Waals surface area contributed by atoms with Crippen LogP contribution in [0, 0.1) is 5.82 Å². The second-order valence-corrected chi connectivity index (χ2v) is 8.08. The maximum absolute atomic E-state index is 14.0. The summed E-state index contributed by atoms with van der Waals surface area (Å²) >= 11 is 5.78. The van der Waals surface area contributed by atoms with E-state index in [-0.39, 0.29) is 24.1 Å². The van der Waals surface area contributed by atoms with Crippen molar-refractivity contribution < 1.29 is 13.9 Å². The number of nitrogens with one attached hydrogen (secondary N) is 1. The van der Waals surface area contributed by atoms with Gasteiger partial charge in [-0.05, 0) is 30.7 Å². The van der Waals surface area contributed by atoms with Crippen LogP contribution in [0.2, 0.25) is 5.02 Å². The zero-order valence-electron chi connectivity index (χ0n) is 17.3. The molecule has 30 heavy (non-hydrogen) atoms. The van der Waals surface area contributed by atoms with E-state index in [1.54, 1.807) is 6.07 Å². The lowest BCUT2D eigenvalue weighted by molar-refractivity contribution is -0.116. The molecule has 1 atom stereocenters. The Morgan fingerprint density at radius 1 is 1.23 bits per heavy atom. The van der Waals surface area contributed by atoms with E-state index in [0.717, 1.165) is 39.4 Å². The number of anilines is 1. The van der Waals surface area contributed by atoms with E-state index in [0.29, 0.717) is 11.6 Å². The van der Waals surface area contributed by atoms with Crippen LogP contribution < -0.4 is 5.32 Å². The van der Waals surface area contributed by atoms with Crippen molar-refractivity contribution in [2.75, 3.05) is 44.7 Å². The number of carbonyl (C=O) groups excluding carboxylic acids is 1. The van der Waals surface area contributed by atoms with Gasteiger partial charge in [0.15, 0.2) is 0 Å². The Labute approximate surface area is 182 Å². The summed E-state index contributed by atoms with van der Waals surface area (Å²) < 4.78 is 19.4. The fourth-order valence-corrected chi connectivity index (χ4v) is 3.75. The molecule has 1 aliphatic heterocycles. The summed E-state index contributed by atoms with van der Waals surface area (Å²) in [7, 11) is 0. The summed E-state index contributed by atoms with van der Waals surface area (Å²) in [6, 6.07) is 14.7. The highest BCUT2D eigenvalue weighted by Gasteiger charge is 2.20. The fraction of sp³-hybridized carbons (Fsp3) is 0.435. The molecule has 1 amide bonds. The Hall–Kier alpha value is -1.99. The van der Waals surface area contributed by atoms with Gasteiger partial charge in [-0.3, -0.25) is 14.6 Å². The summed E-state index contributed by atoms with van der Waals surface area (Å²) in [6.07, 6.45) is 0.280. The van der Waals surface area contributed by atoms with E-state index in [1.165, 1.54) is 17.7 Å². The third-order valence-electron chi connectivity index (χ3n) is 5.31. The normalized spacial score (nSPS) is 15.9. The van der Waals surface area contributed by atoms with Crippen molar-refractivity contribution in [2.24, 2.45) is 0 Å². The molecule has 2 aromatic rings. The Bertz CT molecular complexity index is 815. The van der Waals surface area contributed by atoms with Crippen LogP contribution in [0.5, 0.6) is 0 Å². The molecular weight excluding hydrogens is 405 g/mol. The Balaban J connectivity index is 1.59. The van der Waals surface area contributed by atoms with Gasteiger partial charge in [-0.15, -0.1) is 0 Å². The topological polar surface area (TPSA) is 44.8 Å². The van der Waals surface area contributed by atoms with Gasteiger partial charge in [-0.1, -0.05) is 41.9 Å². The second kappa shape index (κ2) is 11.4. The highest BCUT2D eigenvalue weighted by atomic mass is 35.5. The first-order valence-corrected chi connectivity index (χ1v) is 10.7. The summed E-state index contributed by atoms with van der Waals surface area (Å²) in [5.41, 5.74) is 1.36. The summed E-state index contributed by atoms with van der Waals surface area (Å²) in [5, 5.41) is 2.95. The quantitative estimate of drug-likeness (QED) is 0.648. The van der Waals surface area contributed by atoms with Crippen molar-refractivity contribution in [3.8, 4) is 0 Å². The zero-order chi connectivity index (χ0) is 21.3. The number of carbonyl (C=O) groups is 1. The molecule has 1 N–H and O–H groups in total. The van der Waals surface area contributed by atoms with Gasteiger partial charge < -0.3 is 10.1 Å². The maximum Gasteiger partial charge on any atom is 0.225 e. The molecule has 1 fully saturated rings. The third-order valence-corrected chi connectivity index (χ3v) is 5.54. The number of hydrogen-bond donors (Lipinski definition) is 1. The van der Waals surface area contributed by atoms with Gasteiger partial charge in [0, 0.05) is 50.2 Å². The average molecular weight is 434 g/mol. The fourth-order valence-electron chi connectivity index (χ4n) is 3.59. The molecule has 1 heterocycles. The number of ether oxygens (including phenoxy) is 1. The van der Waals surface area contributed by atoms with E-state index < -0.39 is 5.82 Å². The van der Waals surface area contributed by atoms with Gasteiger partial charge in [0.05, 0.1) is 18.9 Å². The van der Waals surface area contributed by atoms with Crippen LogP contribution in [-0.4, -0.2) is 61.1 Å². The van der Waals surface area contributed by atoms with Gasteiger partial charge in [0.1, 0.15) is 5.82 Å². The molecule has 7 heteroatoms. The third kappa shape index (κ3) is 7.06. The largest absolute Gasteiger partial charge is 0.379 e. The summed E-state index contributed by atoms with van der Waals surface area (Å²) in [6.45, 7) is 7.84. The van der Waals surface area contributed by atoms with Gasteiger partial charge >= 0.3 is 0 Å². The molecular formula is C23H29ClFN3O2. The molecule has 0 bridgehead atoms. The minimum atomic E-state index is -0.530. The van der Waals surface area contributed by atoms with Crippen molar-refractivity contribution in [2.45, 2.75) is 25.9 Å². The highest BCUT2D eigenvalue weighted by molar-refractivity contribution is 6.30. The van der Waals surface area contributed by atoms with Crippen LogP contribution in [0.4, 0.5) is 10.1 Å². The molecule has 0 saturated carbocycles. The number of hydrogen-bond acceptors (Lipinski definition) is 4. The molecule has 0 aromatic heterocycles. The van der Waals surface area contributed by atoms with Gasteiger partial charge in [-0.2, -0.15) is 0 Å². The number of halogens is 2. The number of amides is 1. The molecule has 1 unspecified atom stereocenters. The lowest BCUT2D eigenvalue weighted by Gasteiger charge is -2.35. The van der Waals surface area contributed by atoms with E-state index in [1.807, 2.05) is 18.2 Å². The number of nitrogens with zero attached hydrogens (tertiary/aromatic N) is 2. The van der Waals surface area contributed by atoms with E-state index in [4.69, 9.17) is 16.3 Å². The molecule has 0 spiro atoms. The molecule has 5 nitrogen and oxygen atoms in total. The predicted molar refractivity (Wildman–Crippen MR) is 118 cm³/mol. The highest BCUT2D eigenvalue weighted by Crippen LogP contribution is 2.19. The van der Waals surface area contributed by atoms with Gasteiger partial charge in [-0.25, -0.2) is 4.39 Å². The number of benzene rings is 2. The van der Waals surface area contributed by atoms with E-state index >= 15 is 0 Å². The number of rotatable bonds is 9. The second-order valence-electron chi connectivity index (χ2n) is 7.64. The van der Waals surface area contributed by atoms with Crippen molar-refractivity contribution in [3.63, 3.8) is 0 Å². The SMILES string of the molecule is CC(CN1CCOCC1)N(CCC(=O)Nc1ccc(Cl)cc1F)Cc1ccccc1. The molecule has 0 aliphatic carbocycles. The van der Waals surface area contributed by atoms with Crippen LogP contribution in [-0.2, 0) is 16.1 Å². The predicted octanol–water partition coefficient (Wildman–Crippen LogP) is 4.03. The van der Waals surface area contributed by atoms with Crippen molar-refractivity contribution in [1.82, 2.24) is 9.80 Å². The molecule has 1 saturated heterocycles. The zero-order valence-corrected chi connectivity index (χ0v) is 18.1. The number of morpholine rings is 1. The lowest BCUT2D eigenvalue weighted by Crippen LogP contribution is -2.46. The minimum Gasteiger partial charge on any atom is -0.379 e. The van der Waals surface area contributed by atoms with Crippen molar-refractivity contribution in [3.05, 3.63) is 64.9 Å². The Kier molecular flexibility index (Phi) is 8.63. The van der Waals surface area contributed by atoms with Crippen molar-refractivity contribution >= 4 is 23.2 Å². The first-order chi connectivity index (χ1) is 14.5. The first-order valence-electron chi connectivity index (χ1n) is 10.3. The summed E-state index contributed by atoms with van der Waals surface area (Å²) in [5.74, 6) is -0.745. The summed E-state index contributed by atoms with van der Waals surface area (Å²) in [4.78, 5) is 17.2. The van der Waals surface area contributed by atoms with Crippen molar-refractivity contribution in [1.29, 1.82) is 0 Å². The lowest BCUT2D eigenvalue weighted by atomic mass is 10.1. The van der Waals surface area contributed by atoms with E-state index in [2.05, 4.69) is 34.2 Å². The maximum atomic E-state index is 14.0. The van der Waals surface area contributed by atoms with Crippen LogP contribution in [0.3, 0.4) is 0 Å². The first kappa shape index (κ1) is 22.7. The van der Waals surface area contributed by atoms with E-state index in [9.17, 15) is 9.18 Å². The standard InChI is InChI=1S/C23H29ClFN3O2/c1-18(16-27-11-13-30-14-12-27)28(17-19-5-3-2-4-6-19)10-9-23(29)26-22-8-7-20(24)15-21(22)25/h2-8,15,18H,9-14,16-17H2,1H3,(H,26,29). The molecule has 1 aliphatic rings. The molecule has 0 radical (unpaired) electrons.